The van der Waals surface area contributed by atoms with Crippen molar-refractivity contribution in [1.29, 1.82) is 0 Å². The summed E-state index contributed by atoms with van der Waals surface area (Å²) in [6.45, 7) is 3.74. The number of esters is 1. The lowest BCUT2D eigenvalue weighted by molar-refractivity contribution is -0.152. The zero-order chi connectivity index (χ0) is 22.4. The van der Waals surface area contributed by atoms with Crippen molar-refractivity contribution in [3.05, 3.63) is 35.9 Å². The van der Waals surface area contributed by atoms with Crippen molar-refractivity contribution in [3.8, 4) is 0 Å². The summed E-state index contributed by atoms with van der Waals surface area (Å²) >= 11 is 0. The van der Waals surface area contributed by atoms with E-state index in [1.165, 1.54) is 0 Å². The largest absolute Gasteiger partial charge is 0.480 e. The van der Waals surface area contributed by atoms with Crippen LogP contribution in [0.1, 0.15) is 57.9 Å². The molecule has 1 aromatic carbocycles. The Hall–Kier alpha value is -2.12. The summed E-state index contributed by atoms with van der Waals surface area (Å²) in [5, 5.41) is 12.9. The second-order valence-corrected chi connectivity index (χ2v) is 8.66. The minimum absolute atomic E-state index is 0. The van der Waals surface area contributed by atoms with Gasteiger partial charge in [0.2, 0.25) is 5.91 Å². The Bertz CT molecular complexity index is 775. The Balaban J connectivity index is 0.00000363. The molecule has 2 N–H and O–H groups in total. The van der Waals surface area contributed by atoms with Gasteiger partial charge in [0.1, 0.15) is 12.1 Å². The molecular weight excluding hydrogens is 432 g/mol. The van der Waals surface area contributed by atoms with E-state index < -0.39 is 24.1 Å². The fourth-order valence-corrected chi connectivity index (χ4v) is 5.06. The highest BCUT2D eigenvalue weighted by atomic mass is 35.5. The van der Waals surface area contributed by atoms with Gasteiger partial charge in [-0.3, -0.25) is 14.9 Å². The number of rotatable bonds is 9. The van der Waals surface area contributed by atoms with Crippen LogP contribution >= 0.6 is 12.4 Å². The smallest absolute Gasteiger partial charge is 0.326 e. The van der Waals surface area contributed by atoms with Gasteiger partial charge in [0.25, 0.3) is 0 Å². The zero-order valence-electron chi connectivity index (χ0n) is 18.9. The third-order valence-corrected chi connectivity index (χ3v) is 6.58. The number of carboxylic acid groups (broad SMARTS) is 1. The van der Waals surface area contributed by atoms with Crippen LogP contribution in [0.5, 0.6) is 0 Å². The van der Waals surface area contributed by atoms with Gasteiger partial charge >= 0.3 is 11.9 Å². The fourth-order valence-electron chi connectivity index (χ4n) is 5.06. The van der Waals surface area contributed by atoms with E-state index in [1.807, 2.05) is 30.3 Å². The number of benzene rings is 1. The maximum absolute atomic E-state index is 13.4. The van der Waals surface area contributed by atoms with Crippen LogP contribution < -0.4 is 5.32 Å². The van der Waals surface area contributed by atoms with E-state index in [-0.39, 0.29) is 42.9 Å². The van der Waals surface area contributed by atoms with Gasteiger partial charge in [-0.25, -0.2) is 4.79 Å². The molecule has 178 valence electrons. The highest BCUT2D eigenvalue weighted by Gasteiger charge is 2.48. The molecule has 1 amide bonds. The van der Waals surface area contributed by atoms with Crippen molar-refractivity contribution in [2.45, 2.75) is 83.0 Å². The molecule has 8 heteroatoms. The summed E-state index contributed by atoms with van der Waals surface area (Å²) in [4.78, 5) is 39.3. The van der Waals surface area contributed by atoms with E-state index >= 15 is 0 Å². The second-order valence-electron chi connectivity index (χ2n) is 8.66. The number of nitrogens with one attached hydrogen (secondary N) is 1. The predicted molar refractivity (Wildman–Crippen MR) is 124 cm³/mol. The van der Waals surface area contributed by atoms with Crippen LogP contribution in [0.15, 0.2) is 30.3 Å². The number of halogens is 1. The normalized spacial score (nSPS) is 24.1. The van der Waals surface area contributed by atoms with Gasteiger partial charge in [-0.1, -0.05) is 43.2 Å². The van der Waals surface area contributed by atoms with Gasteiger partial charge in [0.15, 0.2) is 0 Å². The first-order chi connectivity index (χ1) is 14.9. The molecule has 2 fully saturated rings. The Morgan fingerprint density at radius 2 is 1.88 bits per heavy atom. The summed E-state index contributed by atoms with van der Waals surface area (Å²) in [6.07, 6.45) is 5.62. The number of ether oxygens (including phenoxy) is 1. The van der Waals surface area contributed by atoms with Crippen molar-refractivity contribution < 1.29 is 24.2 Å². The average Bonchev–Trinajstić information content (AvgIpc) is 3.16. The van der Waals surface area contributed by atoms with Crippen LogP contribution in [-0.4, -0.2) is 58.6 Å². The molecule has 1 aromatic rings. The lowest BCUT2D eigenvalue weighted by Crippen LogP contribution is -2.55. The summed E-state index contributed by atoms with van der Waals surface area (Å²) < 4.78 is 5.22. The first-order valence-corrected chi connectivity index (χ1v) is 11.4. The molecule has 0 bridgehead atoms. The Labute approximate surface area is 196 Å². The average molecular weight is 467 g/mol. The molecule has 1 saturated heterocycles. The summed E-state index contributed by atoms with van der Waals surface area (Å²) in [5.41, 5.74) is 1.10. The van der Waals surface area contributed by atoms with Gasteiger partial charge in [0, 0.05) is 6.04 Å². The maximum Gasteiger partial charge on any atom is 0.326 e. The van der Waals surface area contributed by atoms with Crippen LogP contribution in [0, 0.1) is 5.92 Å². The van der Waals surface area contributed by atoms with Gasteiger partial charge < -0.3 is 14.7 Å². The fraction of sp³-hybridized carbons (Fsp3) is 0.625. The number of amides is 1. The topological polar surface area (TPSA) is 95.9 Å². The molecule has 32 heavy (non-hydrogen) atoms. The molecule has 1 heterocycles. The van der Waals surface area contributed by atoms with Crippen LogP contribution in [0.3, 0.4) is 0 Å². The number of hydrogen-bond acceptors (Lipinski definition) is 5. The molecular formula is C24H35ClN2O5. The quantitative estimate of drug-likeness (QED) is 0.542. The summed E-state index contributed by atoms with van der Waals surface area (Å²) in [5.74, 6) is -1.31. The van der Waals surface area contributed by atoms with Crippen LogP contribution in [-0.2, 0) is 25.5 Å². The van der Waals surface area contributed by atoms with Gasteiger partial charge in [-0.05, 0) is 57.4 Å². The third kappa shape index (κ3) is 6.23. The highest BCUT2D eigenvalue weighted by Crippen LogP contribution is 2.40. The van der Waals surface area contributed by atoms with E-state index in [0.717, 1.165) is 31.2 Å². The molecule has 2 unspecified atom stereocenters. The lowest BCUT2D eigenvalue weighted by Gasteiger charge is -2.35. The first kappa shape index (κ1) is 26.1. The molecule has 0 radical (unpaired) electrons. The van der Waals surface area contributed by atoms with E-state index in [9.17, 15) is 19.5 Å². The molecule has 7 nitrogen and oxygen atoms in total. The van der Waals surface area contributed by atoms with E-state index in [2.05, 4.69) is 5.32 Å². The van der Waals surface area contributed by atoms with Crippen molar-refractivity contribution in [1.82, 2.24) is 10.2 Å². The zero-order valence-corrected chi connectivity index (χ0v) is 19.7. The number of carboxylic acids is 1. The third-order valence-electron chi connectivity index (χ3n) is 6.58. The number of carbonyl (C=O) groups is 3. The molecule has 2 aliphatic rings. The second kappa shape index (κ2) is 12.2. The minimum Gasteiger partial charge on any atom is -0.480 e. The number of fused-ring (bicyclic) bond motifs is 1. The Morgan fingerprint density at radius 3 is 2.53 bits per heavy atom. The van der Waals surface area contributed by atoms with E-state index in [4.69, 9.17) is 4.74 Å². The predicted octanol–water partition coefficient (Wildman–Crippen LogP) is 3.20. The van der Waals surface area contributed by atoms with Crippen LogP contribution in [0.25, 0.3) is 0 Å². The lowest BCUT2D eigenvalue weighted by atomic mass is 9.84. The summed E-state index contributed by atoms with van der Waals surface area (Å²) in [6, 6.07) is 7.75. The Kier molecular flexibility index (Phi) is 9.97. The van der Waals surface area contributed by atoms with Crippen molar-refractivity contribution >= 4 is 30.3 Å². The molecule has 0 spiro atoms. The van der Waals surface area contributed by atoms with Crippen LogP contribution in [0.4, 0.5) is 0 Å². The van der Waals surface area contributed by atoms with Crippen LogP contribution in [0.2, 0.25) is 0 Å². The number of nitrogens with zero attached hydrogens (tertiary/aromatic N) is 1. The number of hydrogen-bond donors (Lipinski definition) is 2. The molecule has 5 atom stereocenters. The van der Waals surface area contributed by atoms with Crippen molar-refractivity contribution in [3.63, 3.8) is 0 Å². The van der Waals surface area contributed by atoms with E-state index in [0.29, 0.717) is 19.3 Å². The summed E-state index contributed by atoms with van der Waals surface area (Å²) in [7, 11) is 0. The minimum atomic E-state index is -0.944. The van der Waals surface area contributed by atoms with Crippen molar-refractivity contribution in [2.75, 3.05) is 6.61 Å². The molecule has 3 rings (SSSR count). The first-order valence-electron chi connectivity index (χ1n) is 11.4. The number of aliphatic carboxylic acids is 1. The Morgan fingerprint density at radius 1 is 1.19 bits per heavy atom. The SMILES string of the molecule is CCOC(=O)C(CCc1ccccc1)NC(C)C(=O)N1[C@H](C(=O)O)C[C@@H]2CCCC[C@@H]21.Cl. The highest BCUT2D eigenvalue weighted by molar-refractivity contribution is 5.88. The standard InChI is InChI=1S/C24H34N2O5.ClH/c1-3-31-24(30)19(14-13-17-9-5-4-6-10-17)25-16(2)22(27)26-20-12-8-7-11-18(20)15-21(26)23(28)29;/h4-6,9-10,16,18-21,25H,3,7-8,11-15H2,1-2H3,(H,28,29);1H/t16?,18-,19?,20-,21-;/m0./s1. The molecule has 1 aliphatic carbocycles. The molecule has 0 aromatic heterocycles. The van der Waals surface area contributed by atoms with E-state index in [1.54, 1.807) is 18.7 Å². The molecule has 1 saturated carbocycles. The molecule has 1 aliphatic heterocycles. The number of carbonyl (C=O) groups excluding carboxylic acids is 2. The number of aryl methyl sites for hydroxylation is 1. The monoisotopic (exact) mass is 466 g/mol. The number of likely N-dealkylation sites (tertiary alicyclic amines) is 1. The van der Waals surface area contributed by atoms with Crippen molar-refractivity contribution in [2.24, 2.45) is 5.92 Å². The van der Waals surface area contributed by atoms with Gasteiger partial charge in [-0.15, -0.1) is 12.4 Å². The van der Waals surface area contributed by atoms with Gasteiger partial charge in [0.05, 0.1) is 12.6 Å². The van der Waals surface area contributed by atoms with Gasteiger partial charge in [-0.2, -0.15) is 0 Å². The maximum atomic E-state index is 13.4.